The van der Waals surface area contributed by atoms with Crippen LogP contribution in [0.25, 0.3) is 0 Å². The van der Waals surface area contributed by atoms with Crippen LogP contribution in [-0.2, 0) is 17.3 Å². The molecule has 0 bridgehead atoms. The number of anilines is 3. The zero-order chi connectivity index (χ0) is 37.0. The Labute approximate surface area is 298 Å². The van der Waals surface area contributed by atoms with Gasteiger partial charge in [0, 0.05) is 40.8 Å². The standard InChI is InChI=1S/C40H70N8O/c1-34(2,3)28-17-25(18-29(30(28)49)35(4,5)6)19-36(7,8)24-41-31-44-32(42-26-20-37(9,10)47-38(11,12)21-26)46-33(45-31)43-27-22-39(13,14)48-40(15,16)23-27/h17-18,26-27,47-49H,19-24H2,1-16H3,(H3,41,42,43,44,45,46). The number of piperidine rings is 2. The first-order chi connectivity index (χ1) is 22.0. The average molecular weight is 679 g/mol. The topological polar surface area (TPSA) is 119 Å². The monoisotopic (exact) mass is 679 g/mol. The minimum atomic E-state index is -0.169. The number of rotatable bonds is 9. The summed E-state index contributed by atoms with van der Waals surface area (Å²) in [4.78, 5) is 14.8. The van der Waals surface area contributed by atoms with Crippen molar-refractivity contribution in [1.82, 2.24) is 25.6 Å². The Hall–Kier alpha value is -2.65. The van der Waals surface area contributed by atoms with E-state index in [0.717, 1.165) is 43.2 Å². The van der Waals surface area contributed by atoms with E-state index in [-0.39, 0.29) is 50.5 Å². The molecule has 2 aliphatic heterocycles. The molecule has 0 saturated carbocycles. The molecule has 1 aromatic carbocycles. The fourth-order valence-corrected chi connectivity index (χ4v) is 8.67. The summed E-state index contributed by atoms with van der Waals surface area (Å²) in [5.74, 6) is 2.20. The quantitative estimate of drug-likeness (QED) is 0.156. The van der Waals surface area contributed by atoms with Gasteiger partial charge >= 0.3 is 0 Å². The second-order valence-electron chi connectivity index (χ2n) is 20.8. The van der Waals surface area contributed by atoms with E-state index < -0.39 is 0 Å². The Balaban J connectivity index is 1.61. The van der Waals surface area contributed by atoms with Crippen LogP contribution in [0.3, 0.4) is 0 Å². The molecule has 9 nitrogen and oxygen atoms in total. The van der Waals surface area contributed by atoms with E-state index in [1.54, 1.807) is 0 Å². The molecule has 2 aliphatic rings. The van der Waals surface area contributed by atoms with Crippen molar-refractivity contribution in [1.29, 1.82) is 0 Å². The lowest BCUT2D eigenvalue weighted by Gasteiger charge is -2.46. The Bertz CT molecular complexity index is 1350. The normalized spacial score (nSPS) is 21.3. The second-order valence-corrected chi connectivity index (χ2v) is 20.8. The number of nitrogens with zero attached hydrogens (tertiary/aromatic N) is 3. The van der Waals surface area contributed by atoms with Crippen molar-refractivity contribution in [3.8, 4) is 5.75 Å². The van der Waals surface area contributed by atoms with E-state index in [4.69, 9.17) is 15.0 Å². The Morgan fingerprint density at radius 2 is 0.980 bits per heavy atom. The molecular formula is C40H70N8O. The number of phenolic OH excluding ortho intramolecular Hbond substituents is 1. The van der Waals surface area contributed by atoms with Gasteiger partial charge in [0.1, 0.15) is 5.75 Å². The summed E-state index contributed by atoms with van der Waals surface area (Å²) in [6.45, 7) is 36.4. The first kappa shape index (κ1) is 39.1. The van der Waals surface area contributed by atoms with Crippen LogP contribution >= 0.6 is 0 Å². The highest BCUT2D eigenvalue weighted by atomic mass is 16.3. The van der Waals surface area contributed by atoms with Gasteiger partial charge in [0.25, 0.3) is 0 Å². The molecule has 4 rings (SSSR count). The summed E-state index contributed by atoms with van der Waals surface area (Å²) in [5, 5.41) is 29.9. The third-order valence-corrected chi connectivity index (χ3v) is 9.88. The van der Waals surface area contributed by atoms with Crippen LogP contribution in [0.1, 0.15) is 153 Å². The van der Waals surface area contributed by atoms with Crippen LogP contribution < -0.4 is 26.6 Å². The van der Waals surface area contributed by atoms with Crippen LogP contribution in [0, 0.1) is 5.41 Å². The summed E-state index contributed by atoms with van der Waals surface area (Å²) < 4.78 is 0. The molecule has 0 unspecified atom stereocenters. The molecule has 49 heavy (non-hydrogen) atoms. The molecule has 276 valence electrons. The first-order valence-electron chi connectivity index (χ1n) is 18.5. The molecule has 2 aromatic rings. The number of phenols is 1. The molecule has 0 amide bonds. The van der Waals surface area contributed by atoms with Crippen molar-refractivity contribution in [2.24, 2.45) is 5.41 Å². The number of nitrogens with one attached hydrogen (secondary N) is 5. The van der Waals surface area contributed by atoms with E-state index >= 15 is 0 Å². The zero-order valence-electron chi connectivity index (χ0n) is 33.8. The van der Waals surface area contributed by atoms with Gasteiger partial charge in [-0.2, -0.15) is 15.0 Å². The van der Waals surface area contributed by atoms with E-state index in [0.29, 0.717) is 30.1 Å². The molecule has 9 heteroatoms. The smallest absolute Gasteiger partial charge is 0.229 e. The first-order valence-corrected chi connectivity index (χ1v) is 18.5. The van der Waals surface area contributed by atoms with Gasteiger partial charge in [-0.25, -0.2) is 0 Å². The lowest BCUT2D eigenvalue weighted by molar-refractivity contribution is 0.170. The number of hydrogen-bond donors (Lipinski definition) is 6. The van der Waals surface area contributed by atoms with Crippen molar-refractivity contribution in [2.75, 3.05) is 22.5 Å². The van der Waals surface area contributed by atoms with Crippen molar-refractivity contribution >= 4 is 17.8 Å². The molecule has 0 aliphatic carbocycles. The third-order valence-electron chi connectivity index (χ3n) is 9.88. The highest BCUT2D eigenvalue weighted by Crippen LogP contribution is 2.41. The predicted octanol–water partition coefficient (Wildman–Crippen LogP) is 8.30. The highest BCUT2D eigenvalue weighted by molar-refractivity contribution is 5.50. The summed E-state index contributed by atoms with van der Waals surface area (Å²) in [6.07, 6.45) is 4.72. The minimum Gasteiger partial charge on any atom is -0.507 e. The van der Waals surface area contributed by atoms with Crippen LogP contribution in [0.15, 0.2) is 12.1 Å². The molecule has 0 radical (unpaired) electrons. The Morgan fingerprint density at radius 1 is 0.633 bits per heavy atom. The highest BCUT2D eigenvalue weighted by Gasteiger charge is 2.39. The predicted molar refractivity (Wildman–Crippen MR) is 207 cm³/mol. The minimum absolute atomic E-state index is 0.00116. The van der Waals surface area contributed by atoms with Gasteiger partial charge in [-0.15, -0.1) is 0 Å². The van der Waals surface area contributed by atoms with E-state index in [2.05, 4.69) is 149 Å². The van der Waals surface area contributed by atoms with Gasteiger partial charge < -0.3 is 31.7 Å². The van der Waals surface area contributed by atoms with Crippen molar-refractivity contribution in [3.63, 3.8) is 0 Å². The summed E-state index contributed by atoms with van der Waals surface area (Å²) >= 11 is 0. The average Bonchev–Trinajstić information content (AvgIpc) is 2.83. The molecular weight excluding hydrogens is 608 g/mol. The fourth-order valence-electron chi connectivity index (χ4n) is 8.67. The van der Waals surface area contributed by atoms with Gasteiger partial charge in [0.15, 0.2) is 0 Å². The molecule has 0 atom stereocenters. The molecule has 2 fully saturated rings. The maximum atomic E-state index is 11.3. The number of hydrogen-bond acceptors (Lipinski definition) is 9. The van der Waals surface area contributed by atoms with Gasteiger partial charge in [-0.3, -0.25) is 0 Å². The van der Waals surface area contributed by atoms with Crippen molar-refractivity contribution in [2.45, 2.75) is 188 Å². The Kier molecular flexibility index (Phi) is 10.5. The Morgan fingerprint density at radius 3 is 1.33 bits per heavy atom. The summed E-state index contributed by atoms with van der Waals surface area (Å²) in [6, 6.07) is 4.85. The molecule has 1 aromatic heterocycles. The zero-order valence-corrected chi connectivity index (χ0v) is 33.8. The van der Waals surface area contributed by atoms with Crippen LogP contribution in [0.5, 0.6) is 5.75 Å². The van der Waals surface area contributed by atoms with Gasteiger partial charge in [0.05, 0.1) is 0 Å². The number of aromatic hydroxyl groups is 1. The third kappa shape index (κ3) is 10.9. The summed E-state index contributed by atoms with van der Waals surface area (Å²) in [5.41, 5.74) is 2.76. The maximum Gasteiger partial charge on any atom is 0.229 e. The number of benzene rings is 1. The van der Waals surface area contributed by atoms with Crippen LogP contribution in [-0.4, -0.2) is 60.8 Å². The molecule has 6 N–H and O–H groups in total. The van der Waals surface area contributed by atoms with Gasteiger partial charge in [0.2, 0.25) is 17.8 Å². The lowest BCUT2D eigenvalue weighted by Crippen LogP contribution is -2.60. The molecule has 3 heterocycles. The summed E-state index contributed by atoms with van der Waals surface area (Å²) in [7, 11) is 0. The SMILES string of the molecule is CC(C)(CNc1nc(NC2CC(C)(C)NC(C)(C)C2)nc(NC2CC(C)(C)NC(C)(C)C2)n1)Cc1cc(C(C)(C)C)c(O)c(C(C)(C)C)c1. The van der Waals surface area contributed by atoms with Crippen molar-refractivity contribution in [3.05, 3.63) is 28.8 Å². The number of aromatic nitrogens is 3. The maximum absolute atomic E-state index is 11.3. The molecule has 2 saturated heterocycles. The van der Waals surface area contributed by atoms with E-state index in [9.17, 15) is 5.11 Å². The van der Waals surface area contributed by atoms with E-state index in [1.165, 1.54) is 5.56 Å². The molecule has 0 spiro atoms. The van der Waals surface area contributed by atoms with Gasteiger partial charge in [-0.1, -0.05) is 67.5 Å². The fraction of sp³-hybridized carbons (Fsp3) is 0.775. The van der Waals surface area contributed by atoms with Gasteiger partial charge in [-0.05, 0) is 120 Å². The van der Waals surface area contributed by atoms with E-state index in [1.807, 2.05) is 0 Å². The lowest BCUT2D eigenvalue weighted by atomic mass is 9.76. The van der Waals surface area contributed by atoms with Crippen molar-refractivity contribution < 1.29 is 5.11 Å². The second kappa shape index (κ2) is 13.2. The van der Waals surface area contributed by atoms with Crippen LogP contribution in [0.2, 0.25) is 0 Å². The van der Waals surface area contributed by atoms with Crippen LogP contribution in [0.4, 0.5) is 17.8 Å². The largest absolute Gasteiger partial charge is 0.507 e.